The van der Waals surface area contributed by atoms with Crippen LogP contribution in [0.15, 0.2) is 29.2 Å². The molecule has 1 atom stereocenters. The molecular weight excluding hydrogens is 314 g/mol. The predicted molar refractivity (Wildman–Crippen MR) is 79.9 cm³/mol. The van der Waals surface area contributed by atoms with Crippen molar-refractivity contribution in [2.45, 2.75) is 18.2 Å². The molecule has 114 valence electrons. The zero-order valence-corrected chi connectivity index (χ0v) is 13.0. The molecule has 8 heteroatoms. The molecule has 1 unspecified atom stereocenters. The number of para-hydroxylation sites is 1. The predicted octanol–water partition coefficient (Wildman–Crippen LogP) is 1.57. The molecule has 0 saturated carbocycles. The van der Waals surface area contributed by atoms with E-state index in [1.54, 1.807) is 6.07 Å². The van der Waals surface area contributed by atoms with E-state index >= 15 is 0 Å². The van der Waals surface area contributed by atoms with Gasteiger partial charge in [0.2, 0.25) is 5.91 Å². The van der Waals surface area contributed by atoms with Crippen LogP contribution in [0.2, 0.25) is 0 Å². The Labute approximate surface area is 127 Å². The lowest BCUT2D eigenvalue weighted by Gasteiger charge is -2.19. The molecule has 0 aromatic heterocycles. The summed E-state index contributed by atoms with van der Waals surface area (Å²) in [6.45, 7) is 1.80. The molecule has 1 N–H and O–H groups in total. The van der Waals surface area contributed by atoms with E-state index in [1.807, 2.05) is 0 Å². The van der Waals surface area contributed by atoms with E-state index in [-0.39, 0.29) is 33.9 Å². The smallest absolute Gasteiger partial charge is 0.296 e. The Morgan fingerprint density at radius 2 is 2.10 bits per heavy atom. The Balaban J connectivity index is 2.24. The number of rotatable bonds is 4. The average molecular weight is 329 g/mol. The fourth-order valence-corrected chi connectivity index (χ4v) is 3.65. The quantitative estimate of drug-likeness (QED) is 0.843. The van der Waals surface area contributed by atoms with Crippen molar-refractivity contribution in [3.8, 4) is 0 Å². The zero-order valence-electron chi connectivity index (χ0n) is 11.4. The van der Waals surface area contributed by atoms with Crippen molar-refractivity contribution < 1.29 is 22.6 Å². The lowest BCUT2D eigenvalue weighted by atomic mass is 10.1. The molecule has 1 fully saturated rings. The molecule has 1 aromatic rings. The van der Waals surface area contributed by atoms with Crippen molar-refractivity contribution in [2.75, 3.05) is 17.2 Å². The first-order valence-corrected chi connectivity index (χ1v) is 8.72. The summed E-state index contributed by atoms with van der Waals surface area (Å²) >= 11 is 1.15. The van der Waals surface area contributed by atoms with Crippen LogP contribution in [0.3, 0.4) is 0 Å². The lowest BCUT2D eigenvalue weighted by Crippen LogP contribution is -2.26. The number of hydrogen-bond donors (Lipinski definition) is 1. The van der Waals surface area contributed by atoms with Crippen molar-refractivity contribution in [2.24, 2.45) is 5.92 Å². The third kappa shape index (κ3) is 3.84. The summed E-state index contributed by atoms with van der Waals surface area (Å²) in [6, 6.07) is 5.84. The van der Waals surface area contributed by atoms with Gasteiger partial charge in [-0.25, -0.2) is 0 Å². The molecular formula is C13H15NO5S2. The largest absolute Gasteiger partial charge is 0.311 e. The first-order valence-electron chi connectivity index (χ1n) is 6.29. The van der Waals surface area contributed by atoms with Gasteiger partial charge >= 0.3 is 0 Å². The van der Waals surface area contributed by atoms with Crippen molar-refractivity contribution in [1.82, 2.24) is 0 Å². The van der Waals surface area contributed by atoms with Gasteiger partial charge in [0.15, 0.2) is 5.12 Å². The van der Waals surface area contributed by atoms with Crippen LogP contribution < -0.4 is 4.90 Å². The molecule has 0 radical (unpaired) electrons. The van der Waals surface area contributed by atoms with E-state index in [0.29, 0.717) is 12.3 Å². The maximum absolute atomic E-state index is 12.1. The molecule has 1 aliphatic heterocycles. The summed E-state index contributed by atoms with van der Waals surface area (Å²) in [5.41, 5.74) is 0.181. The highest BCUT2D eigenvalue weighted by molar-refractivity contribution is 8.13. The highest BCUT2D eigenvalue weighted by atomic mass is 32.2. The Kier molecular flexibility index (Phi) is 4.70. The minimum Gasteiger partial charge on any atom is -0.311 e. The molecule has 0 spiro atoms. The van der Waals surface area contributed by atoms with Crippen molar-refractivity contribution in [3.05, 3.63) is 24.3 Å². The Bertz CT molecular complexity index is 671. The Morgan fingerprint density at radius 1 is 1.43 bits per heavy atom. The number of benzene rings is 1. The van der Waals surface area contributed by atoms with Crippen LogP contribution in [0.4, 0.5) is 5.69 Å². The third-order valence-corrected chi connectivity index (χ3v) is 5.11. The van der Waals surface area contributed by atoms with Crippen molar-refractivity contribution in [1.29, 1.82) is 0 Å². The average Bonchev–Trinajstić information content (AvgIpc) is 2.76. The first-order chi connectivity index (χ1) is 9.79. The number of nitrogens with zero attached hydrogens (tertiary/aromatic N) is 1. The second-order valence-electron chi connectivity index (χ2n) is 4.82. The molecule has 1 aliphatic rings. The van der Waals surface area contributed by atoms with E-state index < -0.39 is 10.1 Å². The molecule has 2 rings (SSSR count). The van der Waals surface area contributed by atoms with Crippen molar-refractivity contribution >= 4 is 38.6 Å². The van der Waals surface area contributed by atoms with E-state index in [4.69, 9.17) is 0 Å². The van der Waals surface area contributed by atoms with Gasteiger partial charge < -0.3 is 4.90 Å². The molecule has 1 heterocycles. The normalized spacial score (nSPS) is 19.0. The minimum atomic E-state index is -4.39. The fraction of sp³-hybridized carbons (Fsp3) is 0.385. The molecule has 6 nitrogen and oxygen atoms in total. The number of carbonyl (C=O) groups is 2. The summed E-state index contributed by atoms with van der Waals surface area (Å²) in [4.78, 5) is 24.1. The van der Waals surface area contributed by atoms with Gasteiger partial charge in [0.1, 0.15) is 4.90 Å². The number of amides is 1. The highest BCUT2D eigenvalue weighted by Gasteiger charge is 2.33. The fourth-order valence-electron chi connectivity index (χ4n) is 2.26. The zero-order chi connectivity index (χ0) is 15.6. The van der Waals surface area contributed by atoms with Crippen LogP contribution in [-0.2, 0) is 19.7 Å². The molecule has 0 bridgehead atoms. The summed E-state index contributed by atoms with van der Waals surface area (Å²) < 4.78 is 32.0. The molecule has 1 saturated heterocycles. The second kappa shape index (κ2) is 6.17. The highest BCUT2D eigenvalue weighted by Crippen LogP contribution is 2.31. The second-order valence-corrected chi connectivity index (χ2v) is 7.41. The topological polar surface area (TPSA) is 91.8 Å². The minimum absolute atomic E-state index is 0.0131. The van der Waals surface area contributed by atoms with E-state index in [2.05, 4.69) is 0 Å². The monoisotopic (exact) mass is 329 g/mol. The van der Waals surface area contributed by atoms with Crippen LogP contribution >= 0.6 is 11.8 Å². The summed E-state index contributed by atoms with van der Waals surface area (Å²) in [6.07, 6.45) is 0.264. The van der Waals surface area contributed by atoms with Crippen LogP contribution in [-0.4, -0.2) is 36.3 Å². The van der Waals surface area contributed by atoms with Crippen LogP contribution in [0.1, 0.15) is 13.3 Å². The Hall–Kier alpha value is -1.38. The van der Waals surface area contributed by atoms with Crippen LogP contribution in [0, 0.1) is 5.92 Å². The van der Waals surface area contributed by atoms with Gasteiger partial charge in [0, 0.05) is 25.6 Å². The van der Waals surface area contributed by atoms with E-state index in [1.165, 1.54) is 30.0 Å². The number of anilines is 1. The number of hydrogen-bond acceptors (Lipinski definition) is 5. The van der Waals surface area contributed by atoms with Gasteiger partial charge in [-0.05, 0) is 18.1 Å². The van der Waals surface area contributed by atoms with Crippen LogP contribution in [0.5, 0.6) is 0 Å². The van der Waals surface area contributed by atoms with Gasteiger partial charge in [-0.2, -0.15) is 8.42 Å². The van der Waals surface area contributed by atoms with Gasteiger partial charge in [-0.3, -0.25) is 14.1 Å². The molecule has 1 amide bonds. The Morgan fingerprint density at radius 3 is 2.71 bits per heavy atom. The molecule has 21 heavy (non-hydrogen) atoms. The maximum Gasteiger partial charge on any atom is 0.296 e. The first kappa shape index (κ1) is 16.0. The maximum atomic E-state index is 12.1. The van der Waals surface area contributed by atoms with Gasteiger partial charge in [0.05, 0.1) is 5.69 Å². The van der Waals surface area contributed by atoms with Gasteiger partial charge in [-0.15, -0.1) is 0 Å². The van der Waals surface area contributed by atoms with Gasteiger partial charge in [-0.1, -0.05) is 23.9 Å². The van der Waals surface area contributed by atoms with Gasteiger partial charge in [0.25, 0.3) is 10.1 Å². The molecule has 1 aromatic carbocycles. The van der Waals surface area contributed by atoms with E-state index in [0.717, 1.165) is 11.8 Å². The number of thioether (sulfide) groups is 1. The SMILES string of the molecule is CC(=O)SCC1CC(=O)N(c2ccccc2S(=O)(=O)O)C1. The van der Waals surface area contributed by atoms with E-state index in [9.17, 15) is 22.6 Å². The lowest BCUT2D eigenvalue weighted by molar-refractivity contribution is -0.117. The summed E-state index contributed by atoms with van der Waals surface area (Å²) in [7, 11) is -4.39. The molecule has 0 aliphatic carbocycles. The van der Waals surface area contributed by atoms with Crippen LogP contribution in [0.25, 0.3) is 0 Å². The standard InChI is InChI=1S/C13H15NO5S2/c1-9(15)20-8-10-6-13(16)14(7-10)11-4-2-3-5-12(11)21(17,18)19/h2-5,10H,6-8H2,1H3,(H,17,18,19). The third-order valence-electron chi connectivity index (χ3n) is 3.16. The summed E-state index contributed by atoms with van der Waals surface area (Å²) in [5.74, 6) is 0.298. The summed E-state index contributed by atoms with van der Waals surface area (Å²) in [5, 5.41) is -0.0146. The van der Waals surface area contributed by atoms with Crippen molar-refractivity contribution in [3.63, 3.8) is 0 Å². The number of carbonyl (C=O) groups excluding carboxylic acids is 2.